The molecule has 1 fully saturated rings. The third kappa shape index (κ3) is 3.56. The van der Waals surface area contributed by atoms with E-state index in [2.05, 4.69) is 25.4 Å². The van der Waals surface area contributed by atoms with Crippen LogP contribution in [-0.2, 0) is 0 Å². The van der Waals surface area contributed by atoms with Gasteiger partial charge < -0.3 is 10.2 Å². The number of anilines is 1. The van der Waals surface area contributed by atoms with Crippen LogP contribution in [0.1, 0.15) is 23.3 Å². The number of carbonyl (C=O) groups excluding carboxylic acids is 1. The Morgan fingerprint density at radius 1 is 1.24 bits per heavy atom. The fourth-order valence-corrected chi connectivity index (χ4v) is 3.74. The van der Waals surface area contributed by atoms with E-state index in [1.54, 1.807) is 17.4 Å². The molecule has 3 heterocycles. The number of thiazole rings is 1. The van der Waals surface area contributed by atoms with Crippen molar-refractivity contribution in [2.45, 2.75) is 18.9 Å². The Hall–Kier alpha value is -2.67. The maximum Gasteiger partial charge on any atom is 0.269 e. The highest BCUT2D eigenvalue weighted by Crippen LogP contribution is 2.22. The number of piperidine rings is 1. The zero-order valence-electron chi connectivity index (χ0n) is 13.7. The average molecular weight is 353 g/mol. The first-order valence-corrected chi connectivity index (χ1v) is 9.24. The molecule has 0 atom stereocenters. The monoisotopic (exact) mass is 353 g/mol. The second-order valence-electron chi connectivity index (χ2n) is 6.08. The molecule has 6 nitrogen and oxygen atoms in total. The van der Waals surface area contributed by atoms with E-state index >= 15 is 0 Å². The molecule has 0 bridgehead atoms. The van der Waals surface area contributed by atoms with Gasteiger partial charge in [-0.2, -0.15) is 5.10 Å². The minimum Gasteiger partial charge on any atom is -0.348 e. The number of aromatic nitrogens is 3. The Morgan fingerprint density at radius 3 is 2.76 bits per heavy atom. The Kier molecular flexibility index (Phi) is 4.47. The second-order valence-corrected chi connectivity index (χ2v) is 6.96. The lowest BCUT2D eigenvalue weighted by Crippen LogP contribution is -2.44. The quantitative estimate of drug-likeness (QED) is 0.756. The van der Waals surface area contributed by atoms with Gasteiger partial charge in [0.05, 0.1) is 5.69 Å². The zero-order valence-corrected chi connectivity index (χ0v) is 14.5. The lowest BCUT2D eigenvalue weighted by atomic mass is 10.1. The first-order chi connectivity index (χ1) is 12.3. The fourth-order valence-electron chi connectivity index (χ4n) is 3.05. The number of rotatable bonds is 4. The van der Waals surface area contributed by atoms with Gasteiger partial charge in [0.2, 0.25) is 0 Å². The molecule has 0 radical (unpaired) electrons. The van der Waals surface area contributed by atoms with Crippen LogP contribution in [0, 0.1) is 0 Å². The standard InChI is InChI=1S/C18H19N5OS/c24-17(16-12-15(21-22-16)13-4-2-1-3-5-13)20-14-6-9-23(10-7-14)18-19-8-11-25-18/h1-5,8,11-12,14H,6-7,9-10H2,(H,20,24)(H,21,22). The van der Waals surface area contributed by atoms with Crippen molar-refractivity contribution in [1.29, 1.82) is 0 Å². The molecule has 0 aliphatic carbocycles. The van der Waals surface area contributed by atoms with Crippen molar-refractivity contribution in [3.05, 3.63) is 53.7 Å². The van der Waals surface area contributed by atoms with Crippen LogP contribution >= 0.6 is 11.3 Å². The van der Waals surface area contributed by atoms with E-state index in [9.17, 15) is 4.79 Å². The Balaban J connectivity index is 1.35. The van der Waals surface area contributed by atoms with E-state index in [4.69, 9.17) is 0 Å². The molecule has 1 saturated heterocycles. The number of carbonyl (C=O) groups is 1. The number of hydrogen-bond donors (Lipinski definition) is 2. The summed E-state index contributed by atoms with van der Waals surface area (Å²) >= 11 is 1.66. The molecule has 7 heteroatoms. The van der Waals surface area contributed by atoms with Crippen molar-refractivity contribution in [2.75, 3.05) is 18.0 Å². The number of H-pyrrole nitrogens is 1. The minimum absolute atomic E-state index is 0.0950. The summed E-state index contributed by atoms with van der Waals surface area (Å²) in [6, 6.07) is 11.8. The lowest BCUT2D eigenvalue weighted by molar-refractivity contribution is 0.0926. The van der Waals surface area contributed by atoms with Crippen LogP contribution < -0.4 is 10.2 Å². The Bertz CT molecular complexity index is 822. The molecule has 1 aromatic carbocycles. The molecule has 1 amide bonds. The van der Waals surface area contributed by atoms with Gasteiger partial charge in [0.25, 0.3) is 5.91 Å². The molecule has 128 valence electrons. The van der Waals surface area contributed by atoms with Gasteiger partial charge in [0.15, 0.2) is 5.13 Å². The first kappa shape index (κ1) is 15.8. The molecule has 0 saturated carbocycles. The highest BCUT2D eigenvalue weighted by Gasteiger charge is 2.23. The van der Waals surface area contributed by atoms with Gasteiger partial charge in [0.1, 0.15) is 5.69 Å². The molecule has 4 rings (SSSR count). The van der Waals surface area contributed by atoms with Crippen LogP contribution in [0.15, 0.2) is 48.0 Å². The van der Waals surface area contributed by atoms with Gasteiger partial charge >= 0.3 is 0 Å². The summed E-state index contributed by atoms with van der Waals surface area (Å²) in [7, 11) is 0. The summed E-state index contributed by atoms with van der Waals surface area (Å²) in [6.07, 6.45) is 3.67. The number of nitrogens with one attached hydrogen (secondary N) is 2. The predicted octanol–water partition coefficient (Wildman–Crippen LogP) is 2.93. The highest BCUT2D eigenvalue weighted by atomic mass is 32.1. The van der Waals surface area contributed by atoms with Crippen LogP contribution in [-0.4, -0.2) is 40.2 Å². The zero-order chi connectivity index (χ0) is 17.1. The summed E-state index contributed by atoms with van der Waals surface area (Å²) in [5.41, 5.74) is 2.28. The van der Waals surface area contributed by atoms with E-state index in [1.165, 1.54) is 0 Å². The molecule has 25 heavy (non-hydrogen) atoms. The lowest BCUT2D eigenvalue weighted by Gasteiger charge is -2.32. The van der Waals surface area contributed by atoms with Crippen LogP contribution in [0.3, 0.4) is 0 Å². The number of nitrogens with zero attached hydrogens (tertiary/aromatic N) is 3. The fraction of sp³-hybridized carbons (Fsp3) is 0.278. The van der Waals surface area contributed by atoms with Gasteiger partial charge in [-0.15, -0.1) is 11.3 Å². The van der Waals surface area contributed by atoms with Crippen LogP contribution in [0.2, 0.25) is 0 Å². The van der Waals surface area contributed by atoms with Gasteiger partial charge in [-0.25, -0.2) is 4.98 Å². The van der Waals surface area contributed by atoms with Crippen molar-refractivity contribution in [2.24, 2.45) is 0 Å². The maximum atomic E-state index is 12.5. The van der Waals surface area contributed by atoms with Crippen molar-refractivity contribution in [3.8, 4) is 11.3 Å². The van der Waals surface area contributed by atoms with Gasteiger partial charge in [-0.3, -0.25) is 9.89 Å². The van der Waals surface area contributed by atoms with Crippen LogP contribution in [0.5, 0.6) is 0 Å². The van der Waals surface area contributed by atoms with E-state index in [0.717, 1.165) is 42.3 Å². The van der Waals surface area contributed by atoms with E-state index < -0.39 is 0 Å². The maximum absolute atomic E-state index is 12.5. The Labute approximate surface area is 149 Å². The van der Waals surface area contributed by atoms with Gasteiger partial charge in [0, 0.05) is 36.3 Å². The van der Waals surface area contributed by atoms with Gasteiger partial charge in [-0.05, 0) is 18.9 Å². The number of amides is 1. The molecular weight excluding hydrogens is 334 g/mol. The van der Waals surface area contributed by atoms with Crippen molar-refractivity contribution >= 4 is 22.4 Å². The SMILES string of the molecule is O=C(NC1CCN(c2nccs2)CC1)c1cc(-c2ccccc2)n[nH]1. The normalized spacial score (nSPS) is 15.3. The summed E-state index contributed by atoms with van der Waals surface area (Å²) in [6.45, 7) is 1.83. The second kappa shape index (κ2) is 7.06. The van der Waals surface area contributed by atoms with Crippen molar-refractivity contribution < 1.29 is 4.79 Å². The smallest absolute Gasteiger partial charge is 0.269 e. The molecule has 0 spiro atoms. The molecule has 0 unspecified atom stereocenters. The molecule has 3 aromatic rings. The van der Waals surface area contributed by atoms with Crippen molar-refractivity contribution in [1.82, 2.24) is 20.5 Å². The predicted molar refractivity (Wildman–Crippen MR) is 98.8 cm³/mol. The number of hydrogen-bond acceptors (Lipinski definition) is 5. The van der Waals surface area contributed by atoms with E-state index in [1.807, 2.05) is 41.9 Å². The molecule has 2 N–H and O–H groups in total. The average Bonchev–Trinajstić information content (AvgIpc) is 3.35. The number of benzene rings is 1. The molecule has 1 aliphatic heterocycles. The van der Waals surface area contributed by atoms with Gasteiger partial charge in [-0.1, -0.05) is 30.3 Å². The van der Waals surface area contributed by atoms with Crippen LogP contribution in [0.25, 0.3) is 11.3 Å². The van der Waals surface area contributed by atoms with E-state index in [-0.39, 0.29) is 11.9 Å². The third-order valence-corrected chi connectivity index (χ3v) is 5.24. The summed E-state index contributed by atoms with van der Waals surface area (Å²) < 4.78 is 0. The third-order valence-electron chi connectivity index (χ3n) is 4.41. The number of aromatic amines is 1. The molecule has 1 aliphatic rings. The highest BCUT2D eigenvalue weighted by molar-refractivity contribution is 7.13. The molecular formula is C18H19N5OS. The summed E-state index contributed by atoms with van der Waals surface area (Å²) in [5, 5.41) is 13.3. The van der Waals surface area contributed by atoms with Crippen molar-refractivity contribution in [3.63, 3.8) is 0 Å². The molecule has 2 aromatic heterocycles. The largest absolute Gasteiger partial charge is 0.348 e. The summed E-state index contributed by atoms with van der Waals surface area (Å²) in [5.74, 6) is -0.0950. The topological polar surface area (TPSA) is 73.9 Å². The Morgan fingerprint density at radius 2 is 2.04 bits per heavy atom. The first-order valence-electron chi connectivity index (χ1n) is 8.36. The summed E-state index contributed by atoms with van der Waals surface area (Å²) in [4.78, 5) is 19.1. The minimum atomic E-state index is -0.0950. The van der Waals surface area contributed by atoms with Crippen LogP contribution in [0.4, 0.5) is 5.13 Å². The van der Waals surface area contributed by atoms with E-state index in [0.29, 0.717) is 5.69 Å².